The number of aliphatic imine (C=N–C) groups is 1. The molecule has 2 aliphatic rings. The Labute approximate surface area is 242 Å². The average Bonchev–Trinajstić information content (AvgIpc) is 3.42. The molecule has 1 fully saturated rings. The Hall–Kier alpha value is -3.79. The van der Waals surface area contributed by atoms with E-state index >= 15 is 4.39 Å². The molecule has 3 aromatic rings. The molecule has 41 heavy (non-hydrogen) atoms. The first-order chi connectivity index (χ1) is 19.7. The number of nitrogens with one attached hydrogen (secondary N) is 1. The summed E-state index contributed by atoms with van der Waals surface area (Å²) in [7, 11) is 2.04. The molecule has 0 aliphatic carbocycles. The Morgan fingerprint density at radius 1 is 1.22 bits per heavy atom. The number of hydrogen-bond donors (Lipinski definition) is 1. The third kappa shape index (κ3) is 6.43. The van der Waals surface area contributed by atoms with E-state index in [1.54, 1.807) is 18.3 Å². The number of rotatable bonds is 8. The zero-order valence-corrected chi connectivity index (χ0v) is 23.8. The van der Waals surface area contributed by atoms with Crippen LogP contribution in [0.15, 0.2) is 88.6 Å². The van der Waals surface area contributed by atoms with Crippen molar-refractivity contribution >= 4 is 34.0 Å². The summed E-state index contributed by atoms with van der Waals surface area (Å²) in [6, 6.07) is 10.6. The smallest absolute Gasteiger partial charge is 0.200 e. The van der Waals surface area contributed by atoms with Crippen LogP contribution < -0.4 is 15.8 Å². The van der Waals surface area contributed by atoms with Crippen LogP contribution in [0.5, 0.6) is 0 Å². The van der Waals surface area contributed by atoms with Crippen molar-refractivity contribution in [3.8, 4) is 0 Å². The van der Waals surface area contributed by atoms with Crippen molar-refractivity contribution in [1.82, 2.24) is 14.9 Å². The van der Waals surface area contributed by atoms with E-state index in [4.69, 9.17) is 16.4 Å². The molecule has 1 saturated heterocycles. The van der Waals surface area contributed by atoms with Gasteiger partial charge in [-0.15, -0.1) is 0 Å². The maximum atomic E-state index is 15.5. The topological polar surface area (TPSA) is 62.1 Å². The Balaban J connectivity index is 1.57. The number of allylic oxidation sites excluding steroid dienone is 4. The molecule has 0 amide bonds. The van der Waals surface area contributed by atoms with Gasteiger partial charge in [0.1, 0.15) is 11.6 Å². The largest absolute Gasteiger partial charge is 0.367 e. The fourth-order valence-corrected chi connectivity index (χ4v) is 5.21. The number of amidine groups is 1. The van der Waals surface area contributed by atoms with E-state index in [0.717, 1.165) is 24.2 Å². The van der Waals surface area contributed by atoms with Crippen LogP contribution in [0.4, 0.5) is 14.5 Å². The van der Waals surface area contributed by atoms with Gasteiger partial charge in [0.25, 0.3) is 0 Å². The van der Waals surface area contributed by atoms with Gasteiger partial charge in [-0.1, -0.05) is 48.5 Å². The first-order valence-electron chi connectivity index (χ1n) is 13.4. The van der Waals surface area contributed by atoms with E-state index in [9.17, 15) is 9.18 Å². The number of aromatic nitrogens is 1. The van der Waals surface area contributed by atoms with Crippen molar-refractivity contribution in [2.24, 2.45) is 4.99 Å². The zero-order chi connectivity index (χ0) is 29.1. The van der Waals surface area contributed by atoms with E-state index in [1.165, 1.54) is 12.1 Å². The molecule has 1 aromatic heterocycles. The van der Waals surface area contributed by atoms with Crippen LogP contribution in [0.25, 0.3) is 10.9 Å². The summed E-state index contributed by atoms with van der Waals surface area (Å²) in [5, 5.41) is 0.821. The van der Waals surface area contributed by atoms with Crippen molar-refractivity contribution in [1.29, 1.82) is 0 Å². The fraction of sp³-hybridized carbons (Fsp3) is 0.290. The van der Waals surface area contributed by atoms with Crippen molar-refractivity contribution in [2.75, 3.05) is 38.1 Å². The predicted octanol–water partition coefficient (Wildman–Crippen LogP) is 5.58. The van der Waals surface area contributed by atoms with Crippen molar-refractivity contribution in [3.63, 3.8) is 0 Å². The molecule has 1 atom stereocenters. The summed E-state index contributed by atoms with van der Waals surface area (Å²) < 4.78 is 30.6. The highest BCUT2D eigenvalue weighted by atomic mass is 35.5. The first-order valence-corrected chi connectivity index (χ1v) is 13.8. The van der Waals surface area contributed by atoms with Crippen LogP contribution in [0.2, 0.25) is 5.02 Å². The standard InChI is InChI=1S/C31H32ClF2N5O2/c1-4-21(10-9-20(2)33)15-29-35-31(36-41-29)24-19-39(18-22-7-5-6-8-25(22)32)27-17-28(26(34)16-23(27)30(24)40)38-13-11-37(3)12-14-38/h4-10,16-17,19,29H,2,11-15,18H2,1,3H3,(H,35,36)/b10-9-,21-4?. The lowest BCUT2D eigenvalue weighted by atomic mass is 10.1. The van der Waals surface area contributed by atoms with Gasteiger partial charge in [0, 0.05) is 55.8 Å². The number of benzene rings is 2. The average molecular weight is 580 g/mol. The van der Waals surface area contributed by atoms with E-state index < -0.39 is 17.9 Å². The molecule has 0 saturated carbocycles. The lowest BCUT2D eigenvalue weighted by Gasteiger charge is -2.34. The van der Waals surface area contributed by atoms with Gasteiger partial charge in [-0.05, 0) is 49.4 Å². The first kappa shape index (κ1) is 28.7. The normalized spacial score (nSPS) is 18.3. The summed E-state index contributed by atoms with van der Waals surface area (Å²) in [6.45, 7) is 8.44. The van der Waals surface area contributed by atoms with Crippen LogP contribution in [-0.4, -0.2) is 54.8 Å². The summed E-state index contributed by atoms with van der Waals surface area (Å²) in [4.78, 5) is 28.2. The van der Waals surface area contributed by atoms with Crippen LogP contribution in [0.3, 0.4) is 0 Å². The Bertz CT molecular complexity index is 1620. The van der Waals surface area contributed by atoms with Gasteiger partial charge in [-0.25, -0.2) is 24.1 Å². The maximum Gasteiger partial charge on any atom is 0.200 e. The number of likely N-dealkylation sites (N-methyl/N-ethyl adjacent to an activating group) is 1. The minimum atomic E-state index is -0.641. The number of hydroxylamine groups is 1. The molecular formula is C31H32ClF2N5O2. The molecule has 2 aliphatic heterocycles. The molecule has 10 heteroatoms. The summed E-state index contributed by atoms with van der Waals surface area (Å²) >= 11 is 6.50. The van der Waals surface area contributed by atoms with Gasteiger partial charge in [0.15, 0.2) is 17.5 Å². The van der Waals surface area contributed by atoms with Gasteiger partial charge in [-0.2, -0.15) is 0 Å². The summed E-state index contributed by atoms with van der Waals surface area (Å²) in [5.41, 5.74) is 5.34. The minimum absolute atomic E-state index is 0.233. The van der Waals surface area contributed by atoms with Crippen LogP contribution >= 0.6 is 11.6 Å². The van der Waals surface area contributed by atoms with E-state index in [-0.39, 0.29) is 22.2 Å². The molecule has 1 unspecified atom stereocenters. The van der Waals surface area contributed by atoms with E-state index in [2.05, 4.69) is 22.0 Å². The third-order valence-electron chi connectivity index (χ3n) is 7.37. The van der Waals surface area contributed by atoms with Gasteiger partial charge in [0.05, 0.1) is 16.8 Å². The molecule has 2 aromatic carbocycles. The van der Waals surface area contributed by atoms with E-state index in [0.29, 0.717) is 42.3 Å². The summed E-state index contributed by atoms with van der Waals surface area (Å²) in [5.74, 6) is -0.764. The molecule has 3 heterocycles. The second-order valence-electron chi connectivity index (χ2n) is 10.2. The van der Waals surface area contributed by atoms with Crippen LogP contribution in [-0.2, 0) is 11.4 Å². The molecule has 0 radical (unpaired) electrons. The zero-order valence-electron chi connectivity index (χ0n) is 23.0. The van der Waals surface area contributed by atoms with Gasteiger partial charge in [-0.3, -0.25) is 4.79 Å². The Morgan fingerprint density at radius 2 is 1.98 bits per heavy atom. The number of nitrogens with zero attached hydrogens (tertiary/aromatic N) is 4. The second kappa shape index (κ2) is 12.4. The predicted molar refractivity (Wildman–Crippen MR) is 161 cm³/mol. The second-order valence-corrected chi connectivity index (χ2v) is 10.6. The molecule has 7 nitrogen and oxygen atoms in total. The number of anilines is 1. The SMILES string of the molecule is C=C(F)/C=C\C(=CC)CC1N=C(c2cn(Cc3ccccc3Cl)c3cc(N4CCN(C)CC4)c(F)cc3c2=O)NO1. The van der Waals surface area contributed by atoms with Crippen LogP contribution in [0.1, 0.15) is 24.5 Å². The molecule has 5 rings (SSSR count). The number of piperazine rings is 1. The molecule has 1 N–H and O–H groups in total. The van der Waals surface area contributed by atoms with Crippen molar-refractivity contribution in [3.05, 3.63) is 111 Å². The lowest BCUT2D eigenvalue weighted by molar-refractivity contribution is 0.0394. The van der Waals surface area contributed by atoms with Crippen LogP contribution in [0, 0.1) is 5.82 Å². The molecule has 0 spiro atoms. The lowest BCUT2D eigenvalue weighted by Crippen LogP contribution is -2.44. The van der Waals surface area contributed by atoms with Gasteiger partial charge in [0.2, 0.25) is 0 Å². The third-order valence-corrected chi connectivity index (χ3v) is 7.74. The Morgan fingerprint density at radius 3 is 2.68 bits per heavy atom. The molecule has 214 valence electrons. The fourth-order valence-electron chi connectivity index (χ4n) is 5.01. The molecule has 0 bridgehead atoms. The Kier molecular flexibility index (Phi) is 8.68. The van der Waals surface area contributed by atoms with Crippen molar-refractivity contribution < 1.29 is 13.6 Å². The number of fused-ring (bicyclic) bond motifs is 1. The minimum Gasteiger partial charge on any atom is -0.367 e. The molecular weight excluding hydrogens is 548 g/mol. The van der Waals surface area contributed by atoms with E-state index in [1.807, 2.05) is 53.8 Å². The number of hydrogen-bond acceptors (Lipinski definition) is 6. The highest BCUT2D eigenvalue weighted by molar-refractivity contribution is 6.31. The van der Waals surface area contributed by atoms with Crippen molar-refractivity contribution in [2.45, 2.75) is 26.1 Å². The van der Waals surface area contributed by atoms with Gasteiger partial charge < -0.3 is 14.4 Å². The quantitative estimate of drug-likeness (QED) is 0.353. The highest BCUT2D eigenvalue weighted by Gasteiger charge is 2.25. The maximum absolute atomic E-state index is 15.5. The number of halogens is 3. The van der Waals surface area contributed by atoms with Gasteiger partial charge >= 0.3 is 0 Å². The number of pyridine rings is 1. The monoisotopic (exact) mass is 579 g/mol. The summed E-state index contributed by atoms with van der Waals surface area (Å²) in [6.07, 6.45) is 6.11. The highest BCUT2D eigenvalue weighted by Crippen LogP contribution is 2.28.